The van der Waals surface area contributed by atoms with E-state index in [1.54, 1.807) is 13.2 Å². The van der Waals surface area contributed by atoms with Crippen LogP contribution in [0.5, 0.6) is 5.75 Å². The fraction of sp³-hybridized carbons (Fsp3) is 0.370. The maximum Gasteiger partial charge on any atom is 0.287 e. The number of methoxy groups -OCH3 is 1. The van der Waals surface area contributed by atoms with Gasteiger partial charge in [-0.15, -0.1) is 0 Å². The summed E-state index contributed by atoms with van der Waals surface area (Å²) in [6, 6.07) is 15.8. The van der Waals surface area contributed by atoms with Gasteiger partial charge >= 0.3 is 0 Å². The van der Waals surface area contributed by atoms with Gasteiger partial charge in [0.2, 0.25) is 5.95 Å². The van der Waals surface area contributed by atoms with Crippen LogP contribution in [0.1, 0.15) is 36.2 Å². The average molecular weight is 474 g/mol. The average Bonchev–Trinajstić information content (AvgIpc) is 3.32. The number of hydrogen-bond acceptors (Lipinski definition) is 7. The van der Waals surface area contributed by atoms with E-state index in [-0.39, 0.29) is 5.91 Å². The fourth-order valence-electron chi connectivity index (χ4n) is 4.79. The topological polar surface area (TPSA) is 92.5 Å². The van der Waals surface area contributed by atoms with E-state index >= 15 is 0 Å². The van der Waals surface area contributed by atoms with Crippen molar-refractivity contribution in [1.29, 1.82) is 0 Å². The molecule has 182 valence electrons. The molecule has 0 saturated heterocycles. The van der Waals surface area contributed by atoms with E-state index in [1.807, 2.05) is 55.4 Å². The number of nitrogens with one attached hydrogen (secondary N) is 2. The molecule has 8 heteroatoms. The Morgan fingerprint density at radius 3 is 2.66 bits per heavy atom. The largest absolute Gasteiger partial charge is 0.493 e. The number of furan rings is 1. The monoisotopic (exact) mass is 473 g/mol. The third-order valence-electron chi connectivity index (χ3n) is 6.69. The van der Waals surface area contributed by atoms with Crippen molar-refractivity contribution in [2.75, 3.05) is 38.0 Å². The first-order valence-electron chi connectivity index (χ1n) is 12.1. The van der Waals surface area contributed by atoms with Crippen molar-refractivity contribution in [3.63, 3.8) is 0 Å². The third-order valence-corrected chi connectivity index (χ3v) is 6.69. The summed E-state index contributed by atoms with van der Waals surface area (Å²) in [5.41, 5.74) is 1.54. The van der Waals surface area contributed by atoms with Gasteiger partial charge in [0.25, 0.3) is 5.91 Å². The van der Waals surface area contributed by atoms with Crippen molar-refractivity contribution in [3.05, 3.63) is 54.3 Å². The summed E-state index contributed by atoms with van der Waals surface area (Å²) in [4.78, 5) is 24.2. The number of carbonyl (C=O) groups is 1. The molecule has 2 aromatic heterocycles. The molecule has 0 atom stereocenters. The first-order valence-corrected chi connectivity index (χ1v) is 12.1. The Morgan fingerprint density at radius 2 is 1.89 bits per heavy atom. The summed E-state index contributed by atoms with van der Waals surface area (Å²) >= 11 is 0. The molecule has 0 spiro atoms. The highest BCUT2D eigenvalue weighted by Gasteiger charge is 2.23. The highest BCUT2D eigenvalue weighted by Crippen LogP contribution is 2.30. The van der Waals surface area contributed by atoms with Crippen molar-refractivity contribution in [1.82, 2.24) is 15.3 Å². The van der Waals surface area contributed by atoms with Crippen LogP contribution in [0.3, 0.4) is 0 Å². The number of rotatable bonds is 7. The number of para-hydroxylation sites is 2. The van der Waals surface area contributed by atoms with E-state index in [2.05, 4.69) is 16.7 Å². The molecule has 8 nitrogen and oxygen atoms in total. The zero-order valence-corrected chi connectivity index (χ0v) is 20.4. The second-order valence-corrected chi connectivity index (χ2v) is 9.34. The lowest BCUT2D eigenvalue weighted by molar-refractivity contribution is 0.0917. The lowest BCUT2D eigenvalue weighted by Gasteiger charge is -2.29. The highest BCUT2D eigenvalue weighted by molar-refractivity contribution is 5.97. The van der Waals surface area contributed by atoms with Gasteiger partial charge in [0.05, 0.1) is 12.6 Å². The van der Waals surface area contributed by atoms with Gasteiger partial charge in [-0.2, -0.15) is 4.98 Å². The summed E-state index contributed by atoms with van der Waals surface area (Å²) in [5, 5.41) is 8.49. The van der Waals surface area contributed by atoms with Gasteiger partial charge in [-0.1, -0.05) is 24.3 Å². The first kappa shape index (κ1) is 23.0. The molecule has 1 aliphatic carbocycles. The molecule has 1 saturated carbocycles. The van der Waals surface area contributed by atoms with E-state index in [0.29, 0.717) is 41.5 Å². The third kappa shape index (κ3) is 4.87. The van der Waals surface area contributed by atoms with Crippen molar-refractivity contribution in [3.8, 4) is 5.75 Å². The molecule has 0 aliphatic heterocycles. The Kier molecular flexibility index (Phi) is 6.44. The van der Waals surface area contributed by atoms with Gasteiger partial charge in [-0.3, -0.25) is 4.79 Å². The Balaban J connectivity index is 1.16. The van der Waals surface area contributed by atoms with Gasteiger partial charge in [0, 0.05) is 37.5 Å². The predicted molar refractivity (Wildman–Crippen MR) is 138 cm³/mol. The Bertz CT molecular complexity index is 1340. The summed E-state index contributed by atoms with van der Waals surface area (Å²) in [6.07, 6.45) is 4.08. The highest BCUT2D eigenvalue weighted by atomic mass is 16.5. The predicted octanol–water partition coefficient (Wildman–Crippen LogP) is 4.85. The van der Waals surface area contributed by atoms with Crippen LogP contribution in [0, 0.1) is 5.92 Å². The molecule has 0 unspecified atom stereocenters. The molecule has 0 radical (unpaired) electrons. The van der Waals surface area contributed by atoms with Crippen molar-refractivity contribution in [2.45, 2.75) is 31.7 Å². The van der Waals surface area contributed by atoms with Gasteiger partial charge in [0.15, 0.2) is 17.1 Å². The smallest absolute Gasteiger partial charge is 0.287 e. The number of benzene rings is 2. The Hall–Kier alpha value is -3.81. The molecule has 2 aromatic carbocycles. The minimum atomic E-state index is -0.190. The van der Waals surface area contributed by atoms with E-state index in [9.17, 15) is 4.79 Å². The van der Waals surface area contributed by atoms with Crippen molar-refractivity contribution >= 4 is 39.5 Å². The molecule has 0 bridgehead atoms. The molecule has 5 rings (SSSR count). The number of hydrogen-bond donors (Lipinski definition) is 2. The molecule has 2 N–H and O–H groups in total. The second-order valence-electron chi connectivity index (χ2n) is 9.34. The van der Waals surface area contributed by atoms with Gasteiger partial charge in [-0.05, 0) is 55.9 Å². The van der Waals surface area contributed by atoms with Crippen molar-refractivity contribution < 1.29 is 13.9 Å². The summed E-state index contributed by atoms with van der Waals surface area (Å²) in [5.74, 6) is 2.77. The molecule has 4 aromatic rings. The van der Waals surface area contributed by atoms with Crippen LogP contribution in [-0.4, -0.2) is 49.7 Å². The quantitative estimate of drug-likeness (QED) is 0.396. The van der Waals surface area contributed by atoms with Crippen LogP contribution >= 0.6 is 0 Å². The van der Waals surface area contributed by atoms with E-state index in [4.69, 9.17) is 19.1 Å². The van der Waals surface area contributed by atoms with E-state index in [1.165, 1.54) is 0 Å². The fourth-order valence-corrected chi connectivity index (χ4v) is 4.79. The second kappa shape index (κ2) is 9.82. The Morgan fingerprint density at radius 1 is 1.09 bits per heavy atom. The number of aromatic nitrogens is 2. The van der Waals surface area contributed by atoms with Crippen molar-refractivity contribution in [2.24, 2.45) is 5.92 Å². The zero-order chi connectivity index (χ0) is 24.4. The number of nitrogens with zero attached hydrogens (tertiary/aromatic N) is 3. The molecule has 35 heavy (non-hydrogen) atoms. The maximum absolute atomic E-state index is 12.7. The molecule has 1 aliphatic rings. The van der Waals surface area contributed by atoms with Gasteiger partial charge in [0.1, 0.15) is 5.82 Å². The van der Waals surface area contributed by atoms with E-state index in [0.717, 1.165) is 47.8 Å². The van der Waals surface area contributed by atoms with Crippen LogP contribution < -0.4 is 20.3 Å². The van der Waals surface area contributed by atoms with Gasteiger partial charge < -0.3 is 24.7 Å². The SMILES string of the molecule is COc1cccc2cc(C(=O)NC[C@H]3CC[C@@H](Nc4nc(N(C)C)c5ccccc5n4)CC3)oc12. The molecular formula is C27H31N5O3. The standard InChI is InChI=1S/C27H31N5O3/c1-32(2)25-20-8-4-5-9-21(20)30-27(31-25)29-19-13-11-17(12-14-19)16-28-26(33)23-15-18-7-6-10-22(34-3)24(18)35-23/h4-10,15,17,19H,11-14,16H2,1-3H3,(H,28,33)(H,29,30,31)/t17-,19+. The number of anilines is 2. The number of fused-ring (bicyclic) bond motifs is 2. The molecule has 1 fully saturated rings. The van der Waals surface area contributed by atoms with Crippen LogP contribution in [0.2, 0.25) is 0 Å². The first-order chi connectivity index (χ1) is 17.0. The van der Waals surface area contributed by atoms with Crippen LogP contribution in [-0.2, 0) is 0 Å². The molecular weight excluding hydrogens is 442 g/mol. The van der Waals surface area contributed by atoms with Crippen LogP contribution in [0.4, 0.5) is 11.8 Å². The lowest BCUT2D eigenvalue weighted by Crippen LogP contribution is -2.34. The lowest BCUT2D eigenvalue weighted by atomic mass is 9.86. The normalized spacial score (nSPS) is 17.9. The number of amides is 1. The molecule has 2 heterocycles. The number of carbonyl (C=O) groups excluding carboxylic acids is 1. The zero-order valence-electron chi connectivity index (χ0n) is 20.4. The Labute approximate surface area is 204 Å². The number of ether oxygens (including phenoxy) is 1. The summed E-state index contributed by atoms with van der Waals surface area (Å²) in [6.45, 7) is 0.636. The maximum atomic E-state index is 12.7. The summed E-state index contributed by atoms with van der Waals surface area (Å²) < 4.78 is 11.1. The van der Waals surface area contributed by atoms with Gasteiger partial charge in [-0.25, -0.2) is 4.98 Å². The minimum absolute atomic E-state index is 0.190. The molecule has 1 amide bonds. The van der Waals surface area contributed by atoms with E-state index < -0.39 is 0 Å². The van der Waals surface area contributed by atoms with Crippen LogP contribution in [0.15, 0.2) is 52.9 Å². The minimum Gasteiger partial charge on any atom is -0.493 e. The summed E-state index contributed by atoms with van der Waals surface area (Å²) in [7, 11) is 5.59. The van der Waals surface area contributed by atoms with Crippen LogP contribution in [0.25, 0.3) is 21.9 Å².